The van der Waals surface area contributed by atoms with Crippen molar-refractivity contribution in [2.24, 2.45) is 11.8 Å². The lowest BCUT2D eigenvalue weighted by atomic mass is 9.79. The van der Waals surface area contributed by atoms with E-state index in [2.05, 4.69) is 9.88 Å². The lowest BCUT2D eigenvalue weighted by Gasteiger charge is -2.39. The SMILES string of the molecule is COc1ccc2nccc([C@@H](O)CCC3CCN(CCCCc4ccc(F)cc4)CC3CCC(=O)O)c2c1. The molecule has 7 heteroatoms. The minimum atomic E-state index is -0.752. The van der Waals surface area contributed by atoms with Crippen LogP contribution in [0.1, 0.15) is 62.2 Å². The average Bonchev–Trinajstić information content (AvgIpc) is 2.93. The molecule has 0 saturated carbocycles. The molecule has 38 heavy (non-hydrogen) atoms. The van der Waals surface area contributed by atoms with Crippen LogP contribution < -0.4 is 4.74 Å². The first-order valence-corrected chi connectivity index (χ1v) is 13.7. The number of aliphatic carboxylic acids is 1. The van der Waals surface area contributed by atoms with Gasteiger partial charge in [0.25, 0.3) is 0 Å². The molecular weight excluding hydrogens is 483 g/mol. The van der Waals surface area contributed by atoms with Crippen LogP contribution >= 0.6 is 0 Å². The Labute approximate surface area is 224 Å². The fourth-order valence-electron chi connectivity index (χ4n) is 5.78. The fourth-order valence-corrected chi connectivity index (χ4v) is 5.78. The number of aromatic nitrogens is 1. The molecule has 1 aromatic heterocycles. The third-order valence-corrected chi connectivity index (χ3v) is 7.96. The number of fused-ring (bicyclic) bond motifs is 1. The molecule has 6 nitrogen and oxygen atoms in total. The van der Waals surface area contributed by atoms with Gasteiger partial charge in [0, 0.05) is 24.5 Å². The number of rotatable bonds is 13. The number of nitrogens with zero attached hydrogens (tertiary/aromatic N) is 2. The van der Waals surface area contributed by atoms with Gasteiger partial charge in [-0.25, -0.2) is 4.39 Å². The summed E-state index contributed by atoms with van der Waals surface area (Å²) in [7, 11) is 1.63. The minimum Gasteiger partial charge on any atom is -0.497 e. The zero-order valence-corrected chi connectivity index (χ0v) is 22.2. The van der Waals surface area contributed by atoms with Gasteiger partial charge >= 0.3 is 5.97 Å². The Balaban J connectivity index is 1.31. The molecule has 3 aromatic rings. The predicted molar refractivity (Wildman–Crippen MR) is 147 cm³/mol. The Hall–Kier alpha value is -3.03. The van der Waals surface area contributed by atoms with E-state index in [1.807, 2.05) is 36.4 Å². The first-order chi connectivity index (χ1) is 18.4. The quantitative estimate of drug-likeness (QED) is 0.267. The van der Waals surface area contributed by atoms with Gasteiger partial charge in [0.2, 0.25) is 0 Å². The Morgan fingerprint density at radius 2 is 1.95 bits per heavy atom. The van der Waals surface area contributed by atoms with E-state index in [4.69, 9.17) is 4.74 Å². The third-order valence-electron chi connectivity index (χ3n) is 7.96. The highest BCUT2D eigenvalue weighted by atomic mass is 19.1. The number of hydrogen-bond acceptors (Lipinski definition) is 5. The van der Waals surface area contributed by atoms with Gasteiger partial charge in [-0.1, -0.05) is 12.1 Å². The molecule has 0 bridgehead atoms. The van der Waals surface area contributed by atoms with Crippen LogP contribution in [0.4, 0.5) is 4.39 Å². The number of likely N-dealkylation sites (tertiary alicyclic amines) is 1. The summed E-state index contributed by atoms with van der Waals surface area (Å²) in [6, 6.07) is 14.3. The Morgan fingerprint density at radius 3 is 2.71 bits per heavy atom. The predicted octanol–water partition coefficient (Wildman–Crippen LogP) is 6.02. The van der Waals surface area contributed by atoms with Gasteiger partial charge in [-0.2, -0.15) is 0 Å². The Morgan fingerprint density at radius 1 is 1.13 bits per heavy atom. The molecule has 1 fully saturated rings. The van der Waals surface area contributed by atoms with E-state index in [9.17, 15) is 19.4 Å². The maximum absolute atomic E-state index is 13.1. The molecular formula is C31H39FN2O4. The highest BCUT2D eigenvalue weighted by Crippen LogP contribution is 2.35. The number of pyridine rings is 1. The number of halogens is 1. The number of methoxy groups -OCH3 is 1. The summed E-state index contributed by atoms with van der Waals surface area (Å²) in [6.07, 6.45) is 7.50. The van der Waals surface area contributed by atoms with Crippen molar-refractivity contribution in [1.29, 1.82) is 0 Å². The van der Waals surface area contributed by atoms with Crippen molar-refractivity contribution in [1.82, 2.24) is 9.88 Å². The van der Waals surface area contributed by atoms with Crippen molar-refractivity contribution in [3.05, 3.63) is 71.7 Å². The summed E-state index contributed by atoms with van der Waals surface area (Å²) < 4.78 is 18.5. The van der Waals surface area contributed by atoms with Crippen molar-refractivity contribution in [3.8, 4) is 5.75 Å². The standard InChI is InChI=1S/C31H39FN2O4/c1-38-26-11-12-29-28(20-26)27(15-17-33-29)30(35)13-7-23-16-19-34(21-24(23)8-14-31(36)37)18-3-2-4-22-5-9-25(32)10-6-22/h5-6,9-12,15,17,20,23-24,30,35H,2-4,7-8,13-14,16,18-19,21H2,1H3,(H,36,37)/t23?,24?,30-/m0/s1. The average molecular weight is 523 g/mol. The number of ether oxygens (including phenoxy) is 1. The van der Waals surface area contributed by atoms with Crippen LogP contribution in [0.25, 0.3) is 10.9 Å². The molecule has 0 amide bonds. The number of carbonyl (C=O) groups is 1. The number of aliphatic hydroxyl groups is 1. The molecule has 0 radical (unpaired) electrons. The van der Waals surface area contributed by atoms with Crippen molar-refractivity contribution in [2.75, 3.05) is 26.7 Å². The smallest absolute Gasteiger partial charge is 0.303 e. The van der Waals surface area contributed by atoms with E-state index in [-0.39, 0.29) is 12.2 Å². The van der Waals surface area contributed by atoms with Gasteiger partial charge in [0.1, 0.15) is 11.6 Å². The Bertz CT molecular complexity index is 1190. The van der Waals surface area contributed by atoms with Crippen LogP contribution in [-0.2, 0) is 11.2 Å². The second kappa shape index (κ2) is 13.7. The number of carboxylic acid groups (broad SMARTS) is 1. The van der Waals surface area contributed by atoms with Gasteiger partial charge in [-0.05, 0) is 117 Å². The molecule has 1 aliphatic heterocycles. The Kier molecular flexibility index (Phi) is 10.1. The lowest BCUT2D eigenvalue weighted by Crippen LogP contribution is -2.41. The molecule has 2 aromatic carbocycles. The highest BCUT2D eigenvalue weighted by Gasteiger charge is 2.30. The number of aryl methyl sites for hydroxylation is 1. The monoisotopic (exact) mass is 522 g/mol. The molecule has 2 unspecified atom stereocenters. The van der Waals surface area contributed by atoms with Crippen LogP contribution in [0.15, 0.2) is 54.7 Å². The number of carboxylic acids is 1. The molecule has 0 spiro atoms. The normalized spacial score (nSPS) is 18.9. The first kappa shape index (κ1) is 28.0. The van der Waals surface area contributed by atoms with E-state index in [0.29, 0.717) is 24.7 Å². The van der Waals surface area contributed by atoms with Crippen molar-refractivity contribution >= 4 is 16.9 Å². The van der Waals surface area contributed by atoms with Crippen LogP contribution in [0.5, 0.6) is 5.75 Å². The largest absolute Gasteiger partial charge is 0.497 e. The number of unbranched alkanes of at least 4 members (excludes halogenated alkanes) is 1. The summed E-state index contributed by atoms with van der Waals surface area (Å²) in [6.45, 7) is 2.89. The van der Waals surface area contributed by atoms with Gasteiger partial charge in [-0.3, -0.25) is 9.78 Å². The molecule has 204 valence electrons. The van der Waals surface area contributed by atoms with Crippen LogP contribution in [0.3, 0.4) is 0 Å². The van der Waals surface area contributed by atoms with Gasteiger partial charge in [0.15, 0.2) is 0 Å². The minimum absolute atomic E-state index is 0.177. The van der Waals surface area contributed by atoms with Crippen molar-refractivity contribution < 1.29 is 24.1 Å². The van der Waals surface area contributed by atoms with Gasteiger partial charge < -0.3 is 19.8 Å². The van der Waals surface area contributed by atoms with E-state index < -0.39 is 12.1 Å². The van der Waals surface area contributed by atoms with E-state index in [1.165, 1.54) is 12.1 Å². The molecule has 1 aliphatic rings. The first-order valence-electron chi connectivity index (χ1n) is 13.7. The number of benzene rings is 2. The molecule has 2 heterocycles. The zero-order valence-electron chi connectivity index (χ0n) is 22.2. The summed E-state index contributed by atoms with van der Waals surface area (Å²) in [5.74, 6) is 0.474. The topological polar surface area (TPSA) is 82.9 Å². The second-order valence-corrected chi connectivity index (χ2v) is 10.5. The molecule has 2 N–H and O–H groups in total. The van der Waals surface area contributed by atoms with Gasteiger partial charge in [0.05, 0.1) is 18.7 Å². The third kappa shape index (κ3) is 7.74. The maximum Gasteiger partial charge on any atom is 0.303 e. The highest BCUT2D eigenvalue weighted by molar-refractivity contribution is 5.83. The lowest BCUT2D eigenvalue weighted by molar-refractivity contribution is -0.137. The number of piperidine rings is 1. The summed E-state index contributed by atoms with van der Waals surface area (Å²) >= 11 is 0. The molecule has 0 aliphatic carbocycles. The van der Waals surface area contributed by atoms with Crippen molar-refractivity contribution in [3.63, 3.8) is 0 Å². The van der Waals surface area contributed by atoms with Crippen LogP contribution in [0, 0.1) is 17.7 Å². The number of hydrogen-bond donors (Lipinski definition) is 2. The molecule has 4 rings (SSSR count). The van der Waals surface area contributed by atoms with Crippen molar-refractivity contribution in [2.45, 2.75) is 57.5 Å². The van der Waals surface area contributed by atoms with E-state index in [1.54, 1.807) is 13.3 Å². The van der Waals surface area contributed by atoms with E-state index in [0.717, 1.165) is 79.5 Å². The van der Waals surface area contributed by atoms with Crippen LogP contribution in [-0.4, -0.2) is 52.8 Å². The zero-order chi connectivity index (χ0) is 26.9. The number of aliphatic hydroxyl groups excluding tert-OH is 1. The van der Waals surface area contributed by atoms with Crippen LogP contribution in [0.2, 0.25) is 0 Å². The second-order valence-electron chi connectivity index (χ2n) is 10.5. The summed E-state index contributed by atoms with van der Waals surface area (Å²) in [5.41, 5.74) is 2.84. The fraction of sp³-hybridized carbons (Fsp3) is 0.484. The summed E-state index contributed by atoms with van der Waals surface area (Å²) in [4.78, 5) is 18.2. The molecule has 1 saturated heterocycles. The maximum atomic E-state index is 13.1. The summed E-state index contributed by atoms with van der Waals surface area (Å²) in [5, 5.41) is 21.3. The molecule has 3 atom stereocenters. The van der Waals surface area contributed by atoms with Gasteiger partial charge in [-0.15, -0.1) is 0 Å². The van der Waals surface area contributed by atoms with E-state index >= 15 is 0 Å².